The van der Waals surface area contributed by atoms with Crippen LogP contribution in [-0.2, 0) is 6.42 Å². The highest BCUT2D eigenvalue weighted by molar-refractivity contribution is 6.05. The fourth-order valence-electron chi connectivity index (χ4n) is 2.14. The third kappa shape index (κ3) is 3.02. The molecule has 1 amide bonds. The summed E-state index contributed by atoms with van der Waals surface area (Å²) in [4.78, 5) is 24.6. The second-order valence-electron chi connectivity index (χ2n) is 4.59. The van der Waals surface area contributed by atoms with Crippen molar-refractivity contribution in [2.24, 2.45) is 0 Å². The van der Waals surface area contributed by atoms with E-state index in [1.807, 2.05) is 30.3 Å². The lowest BCUT2D eigenvalue weighted by Gasteiger charge is -2.07. The molecule has 2 aromatic heterocycles. The number of carbonyl (C=O) groups is 1. The number of para-hydroxylation sites is 1. The fourth-order valence-corrected chi connectivity index (χ4v) is 2.14. The van der Waals surface area contributed by atoms with Gasteiger partial charge in [-0.05, 0) is 18.2 Å². The molecule has 0 aliphatic carbocycles. The van der Waals surface area contributed by atoms with E-state index in [4.69, 9.17) is 0 Å². The van der Waals surface area contributed by atoms with Gasteiger partial charge in [0.25, 0.3) is 5.91 Å². The topological polar surface area (TPSA) is 67.8 Å². The van der Waals surface area contributed by atoms with Gasteiger partial charge in [0.1, 0.15) is 6.33 Å². The highest BCUT2D eigenvalue weighted by atomic mass is 16.1. The molecule has 0 fully saturated rings. The molecular formula is C16H14N4O. The molecule has 1 N–H and O–H groups in total. The molecule has 0 radical (unpaired) electrons. The smallest absolute Gasteiger partial charge is 0.253 e. The van der Waals surface area contributed by atoms with Gasteiger partial charge >= 0.3 is 0 Å². The Hall–Kier alpha value is -2.82. The maximum absolute atomic E-state index is 12.3. The van der Waals surface area contributed by atoms with E-state index in [2.05, 4.69) is 20.3 Å². The second-order valence-corrected chi connectivity index (χ2v) is 4.59. The quantitative estimate of drug-likeness (QED) is 0.792. The summed E-state index contributed by atoms with van der Waals surface area (Å²) in [6.07, 6.45) is 5.60. The standard InChI is InChI=1S/C16H14N4O/c21-16(19-9-7-13-5-1-2-8-18-13)14-6-3-4-12-10-17-11-20-15(12)14/h1-6,8,10-11H,7,9H2,(H,19,21). The Balaban J connectivity index is 1.70. The van der Waals surface area contributed by atoms with E-state index in [9.17, 15) is 4.79 Å². The largest absolute Gasteiger partial charge is 0.352 e. The monoisotopic (exact) mass is 278 g/mol. The Labute approximate surface area is 122 Å². The van der Waals surface area contributed by atoms with Crippen molar-refractivity contribution in [3.05, 3.63) is 66.4 Å². The number of aromatic nitrogens is 3. The van der Waals surface area contributed by atoms with Crippen LogP contribution in [-0.4, -0.2) is 27.4 Å². The summed E-state index contributed by atoms with van der Waals surface area (Å²) in [6, 6.07) is 11.2. The third-order valence-electron chi connectivity index (χ3n) is 3.17. The van der Waals surface area contributed by atoms with Crippen LogP contribution in [0.5, 0.6) is 0 Å². The first-order valence-electron chi connectivity index (χ1n) is 6.71. The molecule has 0 bridgehead atoms. The molecule has 1 aromatic carbocycles. The Morgan fingerprint density at radius 3 is 2.90 bits per heavy atom. The van der Waals surface area contributed by atoms with Crippen molar-refractivity contribution in [2.75, 3.05) is 6.54 Å². The zero-order valence-electron chi connectivity index (χ0n) is 11.4. The van der Waals surface area contributed by atoms with Gasteiger partial charge in [-0.2, -0.15) is 0 Å². The minimum absolute atomic E-state index is 0.129. The number of hydrogen-bond donors (Lipinski definition) is 1. The number of nitrogens with one attached hydrogen (secondary N) is 1. The number of carbonyl (C=O) groups excluding carboxylic acids is 1. The zero-order chi connectivity index (χ0) is 14.5. The highest BCUT2D eigenvalue weighted by Crippen LogP contribution is 2.14. The Bertz CT molecular complexity index is 753. The minimum Gasteiger partial charge on any atom is -0.352 e. The third-order valence-corrected chi connectivity index (χ3v) is 3.17. The molecule has 21 heavy (non-hydrogen) atoms. The van der Waals surface area contributed by atoms with Crippen molar-refractivity contribution in [1.82, 2.24) is 20.3 Å². The van der Waals surface area contributed by atoms with E-state index in [1.165, 1.54) is 6.33 Å². The molecule has 104 valence electrons. The SMILES string of the molecule is O=C(NCCc1ccccn1)c1cccc2cncnc12. The summed E-state index contributed by atoms with van der Waals surface area (Å²) in [6.45, 7) is 0.539. The molecule has 0 unspecified atom stereocenters. The minimum atomic E-state index is -0.129. The van der Waals surface area contributed by atoms with Gasteiger partial charge in [0.05, 0.1) is 11.1 Å². The molecule has 2 heterocycles. The normalized spacial score (nSPS) is 10.5. The van der Waals surface area contributed by atoms with Crippen LogP contribution in [0.15, 0.2) is 55.1 Å². The van der Waals surface area contributed by atoms with Crippen molar-refractivity contribution < 1.29 is 4.79 Å². The molecule has 0 spiro atoms. The van der Waals surface area contributed by atoms with Gasteiger partial charge in [-0.25, -0.2) is 9.97 Å². The average Bonchev–Trinajstić information content (AvgIpc) is 2.55. The van der Waals surface area contributed by atoms with E-state index in [-0.39, 0.29) is 5.91 Å². The van der Waals surface area contributed by atoms with Crippen LogP contribution in [0.25, 0.3) is 10.9 Å². The van der Waals surface area contributed by atoms with Gasteiger partial charge < -0.3 is 5.32 Å². The molecule has 5 heteroatoms. The van der Waals surface area contributed by atoms with Crippen molar-refractivity contribution in [2.45, 2.75) is 6.42 Å². The van der Waals surface area contributed by atoms with Crippen molar-refractivity contribution >= 4 is 16.8 Å². The lowest BCUT2D eigenvalue weighted by atomic mass is 10.1. The zero-order valence-corrected chi connectivity index (χ0v) is 11.4. The lowest BCUT2D eigenvalue weighted by Crippen LogP contribution is -2.26. The van der Waals surface area contributed by atoms with Gasteiger partial charge in [0.15, 0.2) is 0 Å². The predicted molar refractivity (Wildman–Crippen MR) is 79.8 cm³/mol. The first kappa shape index (κ1) is 13.2. The van der Waals surface area contributed by atoms with Gasteiger partial charge in [-0.3, -0.25) is 9.78 Å². The summed E-state index contributed by atoms with van der Waals surface area (Å²) in [7, 11) is 0. The fraction of sp³-hybridized carbons (Fsp3) is 0.125. The number of rotatable bonds is 4. The van der Waals surface area contributed by atoms with E-state index in [0.717, 1.165) is 11.1 Å². The Morgan fingerprint density at radius 2 is 2.05 bits per heavy atom. The predicted octanol–water partition coefficient (Wildman–Crippen LogP) is 2.00. The van der Waals surface area contributed by atoms with E-state index in [1.54, 1.807) is 18.5 Å². The van der Waals surface area contributed by atoms with Gasteiger partial charge in [0.2, 0.25) is 0 Å². The number of hydrogen-bond acceptors (Lipinski definition) is 4. The van der Waals surface area contributed by atoms with Gasteiger partial charge in [0, 0.05) is 36.4 Å². The molecule has 0 aliphatic heterocycles. The average molecular weight is 278 g/mol. The molecule has 0 atom stereocenters. The molecule has 0 saturated carbocycles. The van der Waals surface area contributed by atoms with Crippen LogP contribution >= 0.6 is 0 Å². The van der Waals surface area contributed by atoms with Crippen LogP contribution in [0, 0.1) is 0 Å². The number of benzene rings is 1. The second kappa shape index (κ2) is 6.09. The van der Waals surface area contributed by atoms with Crippen molar-refractivity contribution in [3.63, 3.8) is 0 Å². The molecule has 3 rings (SSSR count). The van der Waals surface area contributed by atoms with Crippen LogP contribution in [0.4, 0.5) is 0 Å². The van der Waals surface area contributed by atoms with Crippen LogP contribution in [0.3, 0.4) is 0 Å². The maximum atomic E-state index is 12.3. The summed E-state index contributed by atoms with van der Waals surface area (Å²) in [5.74, 6) is -0.129. The number of nitrogens with zero attached hydrogens (tertiary/aromatic N) is 3. The van der Waals surface area contributed by atoms with Crippen LogP contribution in [0.2, 0.25) is 0 Å². The molecular weight excluding hydrogens is 264 g/mol. The lowest BCUT2D eigenvalue weighted by molar-refractivity contribution is 0.0955. The maximum Gasteiger partial charge on any atom is 0.253 e. The van der Waals surface area contributed by atoms with Gasteiger partial charge in [-0.15, -0.1) is 0 Å². The Morgan fingerprint density at radius 1 is 1.10 bits per heavy atom. The summed E-state index contributed by atoms with van der Waals surface area (Å²) >= 11 is 0. The molecule has 5 nitrogen and oxygen atoms in total. The van der Waals surface area contributed by atoms with E-state index in [0.29, 0.717) is 24.0 Å². The van der Waals surface area contributed by atoms with Gasteiger partial charge in [-0.1, -0.05) is 18.2 Å². The van der Waals surface area contributed by atoms with Crippen LogP contribution in [0.1, 0.15) is 16.1 Å². The van der Waals surface area contributed by atoms with Crippen LogP contribution < -0.4 is 5.32 Å². The summed E-state index contributed by atoms with van der Waals surface area (Å²) in [5, 5.41) is 3.76. The summed E-state index contributed by atoms with van der Waals surface area (Å²) in [5.41, 5.74) is 2.19. The molecule has 3 aromatic rings. The molecule has 0 aliphatic rings. The summed E-state index contributed by atoms with van der Waals surface area (Å²) < 4.78 is 0. The first-order valence-corrected chi connectivity index (χ1v) is 6.71. The number of fused-ring (bicyclic) bond motifs is 1. The van der Waals surface area contributed by atoms with Crippen molar-refractivity contribution in [1.29, 1.82) is 0 Å². The molecule has 0 saturated heterocycles. The Kier molecular flexibility index (Phi) is 3.82. The first-order chi connectivity index (χ1) is 10.3. The van der Waals surface area contributed by atoms with E-state index >= 15 is 0 Å². The van der Waals surface area contributed by atoms with E-state index < -0.39 is 0 Å². The van der Waals surface area contributed by atoms with Crippen molar-refractivity contribution in [3.8, 4) is 0 Å². The number of pyridine rings is 1. The number of amides is 1. The highest BCUT2D eigenvalue weighted by Gasteiger charge is 2.10.